The second-order valence-corrected chi connectivity index (χ2v) is 8.21. The third kappa shape index (κ3) is 3.85. The molecule has 0 bridgehead atoms. The molecule has 0 radical (unpaired) electrons. The Balaban J connectivity index is 1.83. The van der Waals surface area contributed by atoms with Crippen molar-refractivity contribution in [3.05, 3.63) is 0 Å². The first kappa shape index (κ1) is 19.8. The van der Waals surface area contributed by atoms with E-state index in [-0.39, 0.29) is 17.4 Å². The van der Waals surface area contributed by atoms with E-state index in [1.807, 2.05) is 13.8 Å². The quantitative estimate of drug-likeness (QED) is 0.525. The zero-order chi connectivity index (χ0) is 17.8. The number of Topliss-reactive ketones (excluding diaryl/α,β-unsaturated/α-hetero) is 1. The largest absolute Gasteiger partial charge is 0.378 e. The molecule has 0 aromatic carbocycles. The first-order valence-corrected chi connectivity index (χ1v) is 9.86. The Morgan fingerprint density at radius 2 is 2.04 bits per heavy atom. The number of fused-ring (bicyclic) bond motifs is 1. The van der Waals surface area contributed by atoms with Gasteiger partial charge in [-0.2, -0.15) is 4.94 Å². The minimum absolute atomic E-state index is 0.118. The summed E-state index contributed by atoms with van der Waals surface area (Å²) in [6.45, 7) is 9.01. The molecule has 2 aliphatic carbocycles. The standard InChI is InChI=1S/C20H35FO3/c1-5-20(6-2,24-21)13-8-14-23-15(3)16-10-11-17-18(22)9-7-12-19(16,17)4/h15-17H,5-14H2,1-4H3. The molecular weight excluding hydrogens is 307 g/mol. The summed E-state index contributed by atoms with van der Waals surface area (Å²) < 4.78 is 19.0. The average Bonchev–Trinajstić information content (AvgIpc) is 2.94. The second kappa shape index (κ2) is 8.27. The molecule has 0 amide bonds. The first-order chi connectivity index (χ1) is 11.4. The van der Waals surface area contributed by atoms with Gasteiger partial charge in [0.05, 0.1) is 6.10 Å². The van der Waals surface area contributed by atoms with Crippen LogP contribution in [0.4, 0.5) is 4.53 Å². The molecule has 2 rings (SSSR count). The lowest BCUT2D eigenvalue weighted by Gasteiger charge is -2.42. The number of hydrogen-bond acceptors (Lipinski definition) is 3. The lowest BCUT2D eigenvalue weighted by Crippen LogP contribution is -2.41. The van der Waals surface area contributed by atoms with Crippen LogP contribution >= 0.6 is 0 Å². The van der Waals surface area contributed by atoms with E-state index in [1.165, 1.54) is 0 Å². The maximum atomic E-state index is 12.8. The SMILES string of the molecule is CCC(CC)(CCCOC(C)C1CCC2C(=O)CCCC21C)OF. The smallest absolute Gasteiger partial charge is 0.136 e. The van der Waals surface area contributed by atoms with Crippen LogP contribution in [0.15, 0.2) is 0 Å². The van der Waals surface area contributed by atoms with Gasteiger partial charge in [-0.1, -0.05) is 20.8 Å². The van der Waals surface area contributed by atoms with Crippen LogP contribution in [0.1, 0.15) is 85.5 Å². The number of hydrogen-bond donors (Lipinski definition) is 0. The van der Waals surface area contributed by atoms with E-state index in [1.54, 1.807) is 0 Å². The highest BCUT2D eigenvalue weighted by Crippen LogP contribution is 2.55. The third-order valence-electron chi connectivity index (χ3n) is 7.11. The average molecular weight is 342 g/mol. The van der Waals surface area contributed by atoms with Crippen molar-refractivity contribution in [3.8, 4) is 0 Å². The maximum absolute atomic E-state index is 12.8. The molecule has 0 aromatic heterocycles. The molecule has 2 saturated carbocycles. The van der Waals surface area contributed by atoms with Crippen LogP contribution < -0.4 is 0 Å². The highest BCUT2D eigenvalue weighted by molar-refractivity contribution is 5.83. The number of carbonyl (C=O) groups is 1. The van der Waals surface area contributed by atoms with E-state index >= 15 is 0 Å². The van der Waals surface area contributed by atoms with Crippen molar-refractivity contribution >= 4 is 5.78 Å². The van der Waals surface area contributed by atoms with E-state index in [4.69, 9.17) is 4.74 Å². The Morgan fingerprint density at radius 1 is 1.33 bits per heavy atom. The molecule has 0 saturated heterocycles. The molecule has 0 aromatic rings. The van der Waals surface area contributed by atoms with Gasteiger partial charge in [-0.05, 0) is 74.1 Å². The zero-order valence-corrected chi connectivity index (χ0v) is 15.9. The Labute approximate surface area is 146 Å². The summed E-state index contributed by atoms with van der Waals surface area (Å²) in [5, 5.41) is 0. The van der Waals surface area contributed by atoms with Crippen molar-refractivity contribution in [1.82, 2.24) is 0 Å². The minimum Gasteiger partial charge on any atom is -0.378 e. The van der Waals surface area contributed by atoms with Crippen LogP contribution in [-0.4, -0.2) is 24.1 Å². The van der Waals surface area contributed by atoms with Crippen molar-refractivity contribution in [3.63, 3.8) is 0 Å². The first-order valence-electron chi connectivity index (χ1n) is 9.86. The Morgan fingerprint density at radius 3 is 2.67 bits per heavy atom. The molecule has 0 spiro atoms. The summed E-state index contributed by atoms with van der Waals surface area (Å²) in [7, 11) is 0. The number of rotatable bonds is 9. The summed E-state index contributed by atoms with van der Waals surface area (Å²) in [6.07, 6.45) is 8.07. The van der Waals surface area contributed by atoms with Crippen LogP contribution in [0.5, 0.6) is 0 Å². The van der Waals surface area contributed by atoms with Crippen molar-refractivity contribution in [1.29, 1.82) is 0 Å². The van der Waals surface area contributed by atoms with Gasteiger partial charge in [0.1, 0.15) is 11.4 Å². The minimum atomic E-state index is -0.646. The molecule has 2 aliphatic rings. The van der Waals surface area contributed by atoms with Crippen LogP contribution in [0.2, 0.25) is 0 Å². The molecule has 0 N–H and O–H groups in total. The molecule has 0 heterocycles. The zero-order valence-electron chi connectivity index (χ0n) is 15.9. The molecule has 3 nitrogen and oxygen atoms in total. The molecule has 4 heteroatoms. The Hall–Kier alpha value is -0.480. The monoisotopic (exact) mass is 342 g/mol. The summed E-state index contributed by atoms with van der Waals surface area (Å²) in [5.41, 5.74) is -0.528. The second-order valence-electron chi connectivity index (χ2n) is 8.21. The van der Waals surface area contributed by atoms with Crippen LogP contribution in [0.3, 0.4) is 0 Å². The lowest BCUT2D eigenvalue weighted by molar-refractivity contribution is -0.243. The van der Waals surface area contributed by atoms with Gasteiger partial charge in [-0.15, -0.1) is 0 Å². The van der Waals surface area contributed by atoms with E-state index in [2.05, 4.69) is 18.8 Å². The summed E-state index contributed by atoms with van der Waals surface area (Å²) in [4.78, 5) is 16.5. The van der Waals surface area contributed by atoms with Crippen molar-refractivity contribution in [2.45, 2.75) is 97.2 Å². The number of ketones is 1. The normalized spacial score (nSPS) is 32.0. The highest BCUT2D eigenvalue weighted by Gasteiger charge is 2.52. The Bertz CT molecular complexity index is 413. The predicted octanol–water partition coefficient (Wildman–Crippen LogP) is 5.42. The highest BCUT2D eigenvalue weighted by atomic mass is 19.3. The fourth-order valence-electron chi connectivity index (χ4n) is 5.27. The van der Waals surface area contributed by atoms with Gasteiger partial charge in [0.15, 0.2) is 0 Å². The fourth-order valence-corrected chi connectivity index (χ4v) is 5.27. The van der Waals surface area contributed by atoms with Gasteiger partial charge in [0, 0.05) is 18.9 Å². The summed E-state index contributed by atoms with van der Waals surface area (Å²) >= 11 is 0. The van der Waals surface area contributed by atoms with Gasteiger partial charge in [-0.3, -0.25) is 4.79 Å². The predicted molar refractivity (Wildman–Crippen MR) is 93.3 cm³/mol. The molecule has 140 valence electrons. The van der Waals surface area contributed by atoms with Gasteiger partial charge in [0.2, 0.25) is 0 Å². The Kier molecular flexibility index (Phi) is 6.83. The van der Waals surface area contributed by atoms with Crippen LogP contribution in [-0.2, 0) is 14.5 Å². The molecular formula is C20H35FO3. The van der Waals surface area contributed by atoms with Gasteiger partial charge >= 0.3 is 0 Å². The number of carbonyl (C=O) groups excluding carboxylic acids is 1. The summed E-state index contributed by atoms with van der Waals surface area (Å²) in [5.74, 6) is 1.18. The van der Waals surface area contributed by atoms with E-state index in [0.717, 1.165) is 38.5 Å². The van der Waals surface area contributed by atoms with E-state index in [0.29, 0.717) is 37.6 Å². The maximum Gasteiger partial charge on any atom is 0.136 e. The molecule has 24 heavy (non-hydrogen) atoms. The third-order valence-corrected chi connectivity index (χ3v) is 7.11. The van der Waals surface area contributed by atoms with Gasteiger partial charge < -0.3 is 4.74 Å². The topological polar surface area (TPSA) is 35.5 Å². The van der Waals surface area contributed by atoms with Crippen molar-refractivity contribution < 1.29 is 19.0 Å². The van der Waals surface area contributed by atoms with Crippen molar-refractivity contribution in [2.24, 2.45) is 17.3 Å². The molecule has 2 fully saturated rings. The van der Waals surface area contributed by atoms with E-state index in [9.17, 15) is 9.32 Å². The van der Waals surface area contributed by atoms with Gasteiger partial charge in [0.25, 0.3) is 0 Å². The lowest BCUT2D eigenvalue weighted by atomic mass is 9.64. The van der Waals surface area contributed by atoms with E-state index < -0.39 is 5.60 Å². The van der Waals surface area contributed by atoms with Crippen LogP contribution in [0, 0.1) is 17.3 Å². The molecule has 4 unspecified atom stereocenters. The molecule has 0 aliphatic heterocycles. The fraction of sp³-hybridized carbons (Fsp3) is 0.950. The number of ether oxygens (including phenoxy) is 1. The van der Waals surface area contributed by atoms with Crippen LogP contribution in [0.25, 0.3) is 0 Å². The number of halogens is 1. The summed E-state index contributed by atoms with van der Waals surface area (Å²) in [6, 6.07) is 0. The van der Waals surface area contributed by atoms with Crippen molar-refractivity contribution in [2.75, 3.05) is 6.61 Å². The van der Waals surface area contributed by atoms with Gasteiger partial charge in [-0.25, -0.2) is 0 Å². The molecule has 4 atom stereocenters.